The van der Waals surface area contributed by atoms with Crippen LogP contribution in [0.2, 0.25) is 0 Å². The van der Waals surface area contributed by atoms with Crippen molar-refractivity contribution in [1.82, 2.24) is 10.2 Å². The Morgan fingerprint density at radius 1 is 1.40 bits per heavy atom. The predicted molar refractivity (Wildman–Crippen MR) is 65.7 cm³/mol. The maximum atomic E-state index is 4.17. The molecule has 0 saturated carbocycles. The van der Waals surface area contributed by atoms with Crippen molar-refractivity contribution in [3.8, 4) is 0 Å². The number of nitrogens with zero attached hydrogens (tertiary/aromatic N) is 3. The number of aromatic nitrogens is 2. The first kappa shape index (κ1) is 10.6. The molecule has 80 valence electrons. The highest BCUT2D eigenvalue weighted by Gasteiger charge is 2.10. The number of aryl methyl sites for hydroxylation is 1. The van der Waals surface area contributed by atoms with Crippen LogP contribution < -0.4 is 4.90 Å². The Labute approximate surface area is 97.4 Å². The summed E-state index contributed by atoms with van der Waals surface area (Å²) >= 11 is 3.43. The third kappa shape index (κ3) is 2.54. The van der Waals surface area contributed by atoms with E-state index >= 15 is 0 Å². The molecule has 0 bridgehead atoms. The number of anilines is 1. The van der Waals surface area contributed by atoms with E-state index in [4.69, 9.17) is 0 Å². The van der Waals surface area contributed by atoms with Gasteiger partial charge in [-0.2, -0.15) is 0 Å². The molecule has 0 aromatic carbocycles. The quantitative estimate of drug-likeness (QED) is 0.821. The summed E-state index contributed by atoms with van der Waals surface area (Å²) < 4.78 is 0. The van der Waals surface area contributed by atoms with E-state index in [9.17, 15) is 0 Å². The van der Waals surface area contributed by atoms with E-state index in [0.29, 0.717) is 0 Å². The van der Waals surface area contributed by atoms with E-state index in [1.54, 1.807) is 22.7 Å². The summed E-state index contributed by atoms with van der Waals surface area (Å²) in [6, 6.07) is 4.24. The maximum Gasteiger partial charge on any atom is 0.208 e. The highest BCUT2D eigenvalue weighted by molar-refractivity contribution is 7.15. The van der Waals surface area contributed by atoms with Gasteiger partial charge in [-0.1, -0.05) is 17.4 Å². The Morgan fingerprint density at radius 3 is 2.80 bits per heavy atom. The Hall–Kier alpha value is -0.940. The predicted octanol–water partition coefficient (Wildman–Crippen LogP) is 2.93. The maximum absolute atomic E-state index is 4.17. The molecule has 15 heavy (non-hydrogen) atoms. The average Bonchev–Trinajstić information content (AvgIpc) is 2.85. The van der Waals surface area contributed by atoms with E-state index < -0.39 is 0 Å². The number of hydrogen-bond acceptors (Lipinski definition) is 5. The normalized spacial score (nSPS) is 10.5. The molecule has 2 rings (SSSR count). The van der Waals surface area contributed by atoms with Crippen molar-refractivity contribution < 1.29 is 0 Å². The Bertz CT molecular complexity index is 408. The summed E-state index contributed by atoms with van der Waals surface area (Å²) in [5, 5.41) is 12.4. The number of thiophene rings is 1. The van der Waals surface area contributed by atoms with Crippen LogP contribution in [0.1, 0.15) is 16.8 Å². The zero-order valence-electron chi connectivity index (χ0n) is 8.80. The molecule has 0 atom stereocenters. The fourth-order valence-corrected chi connectivity index (χ4v) is 2.79. The van der Waals surface area contributed by atoms with E-state index in [-0.39, 0.29) is 0 Å². The van der Waals surface area contributed by atoms with Crippen LogP contribution in [0.15, 0.2) is 17.5 Å². The Kier molecular flexibility index (Phi) is 3.33. The summed E-state index contributed by atoms with van der Waals surface area (Å²) in [6.07, 6.45) is 0. The van der Waals surface area contributed by atoms with Crippen LogP contribution in [-0.2, 0) is 6.54 Å². The number of hydrogen-bond donors (Lipinski definition) is 0. The standard InChI is InChI=1S/C10H13N3S2/c1-3-13(7-9-5-4-6-14-9)10-12-11-8(2)15-10/h4-6H,3,7H2,1-2H3. The summed E-state index contributed by atoms with van der Waals surface area (Å²) in [5.74, 6) is 0. The second kappa shape index (κ2) is 4.72. The van der Waals surface area contributed by atoms with Crippen LogP contribution in [0.25, 0.3) is 0 Å². The molecule has 0 fully saturated rings. The first-order chi connectivity index (χ1) is 7.29. The van der Waals surface area contributed by atoms with Crippen molar-refractivity contribution >= 4 is 27.8 Å². The molecular weight excluding hydrogens is 226 g/mol. The second-order valence-electron chi connectivity index (χ2n) is 3.20. The van der Waals surface area contributed by atoms with Crippen molar-refractivity contribution in [3.63, 3.8) is 0 Å². The lowest BCUT2D eigenvalue weighted by Gasteiger charge is -2.17. The van der Waals surface area contributed by atoms with E-state index in [2.05, 4.69) is 39.5 Å². The van der Waals surface area contributed by atoms with Gasteiger partial charge >= 0.3 is 0 Å². The zero-order valence-corrected chi connectivity index (χ0v) is 10.4. The van der Waals surface area contributed by atoms with Gasteiger partial charge in [0, 0.05) is 11.4 Å². The van der Waals surface area contributed by atoms with Gasteiger partial charge in [0.15, 0.2) is 0 Å². The summed E-state index contributed by atoms with van der Waals surface area (Å²) in [4.78, 5) is 3.61. The summed E-state index contributed by atoms with van der Waals surface area (Å²) in [7, 11) is 0. The minimum Gasteiger partial charge on any atom is -0.342 e. The monoisotopic (exact) mass is 239 g/mol. The highest BCUT2D eigenvalue weighted by atomic mass is 32.1. The van der Waals surface area contributed by atoms with Crippen LogP contribution >= 0.6 is 22.7 Å². The molecule has 0 aliphatic carbocycles. The fourth-order valence-electron chi connectivity index (χ4n) is 1.32. The van der Waals surface area contributed by atoms with Crippen molar-refractivity contribution in [2.45, 2.75) is 20.4 Å². The van der Waals surface area contributed by atoms with Gasteiger partial charge < -0.3 is 4.90 Å². The molecule has 2 aromatic heterocycles. The Morgan fingerprint density at radius 2 is 2.27 bits per heavy atom. The molecule has 0 unspecified atom stereocenters. The van der Waals surface area contributed by atoms with E-state index in [1.807, 2.05) is 6.92 Å². The minimum atomic E-state index is 0.933. The fraction of sp³-hybridized carbons (Fsp3) is 0.400. The van der Waals surface area contributed by atoms with Crippen molar-refractivity contribution in [2.24, 2.45) is 0 Å². The van der Waals surface area contributed by atoms with Crippen LogP contribution in [0.5, 0.6) is 0 Å². The van der Waals surface area contributed by atoms with Gasteiger partial charge in [-0.25, -0.2) is 0 Å². The summed E-state index contributed by atoms with van der Waals surface area (Å²) in [6.45, 7) is 6.03. The molecule has 3 nitrogen and oxygen atoms in total. The van der Waals surface area contributed by atoms with E-state index in [0.717, 1.165) is 23.2 Å². The molecule has 2 aromatic rings. The summed E-state index contributed by atoms with van der Waals surface area (Å²) in [5.41, 5.74) is 0. The van der Waals surface area contributed by atoms with Crippen molar-refractivity contribution in [3.05, 3.63) is 27.4 Å². The first-order valence-corrected chi connectivity index (χ1v) is 6.56. The van der Waals surface area contributed by atoms with Gasteiger partial charge in [-0.15, -0.1) is 21.5 Å². The highest BCUT2D eigenvalue weighted by Crippen LogP contribution is 2.22. The smallest absolute Gasteiger partial charge is 0.208 e. The Balaban J connectivity index is 2.11. The average molecular weight is 239 g/mol. The van der Waals surface area contributed by atoms with Crippen LogP contribution in [0.4, 0.5) is 5.13 Å². The van der Waals surface area contributed by atoms with Gasteiger partial charge in [-0.3, -0.25) is 0 Å². The molecule has 0 saturated heterocycles. The third-order valence-electron chi connectivity index (χ3n) is 2.09. The molecule has 0 N–H and O–H groups in total. The minimum absolute atomic E-state index is 0.933. The molecule has 2 heterocycles. The van der Waals surface area contributed by atoms with Gasteiger partial charge in [0.05, 0.1) is 6.54 Å². The van der Waals surface area contributed by atoms with Crippen LogP contribution in [0.3, 0.4) is 0 Å². The van der Waals surface area contributed by atoms with Crippen molar-refractivity contribution in [1.29, 1.82) is 0 Å². The van der Waals surface area contributed by atoms with Gasteiger partial charge in [0.25, 0.3) is 0 Å². The SMILES string of the molecule is CCN(Cc1cccs1)c1nnc(C)s1. The first-order valence-electron chi connectivity index (χ1n) is 4.87. The number of rotatable bonds is 4. The molecule has 5 heteroatoms. The van der Waals surface area contributed by atoms with Crippen LogP contribution in [-0.4, -0.2) is 16.7 Å². The molecule has 0 radical (unpaired) electrons. The molecule has 0 spiro atoms. The van der Waals surface area contributed by atoms with Gasteiger partial charge in [0.1, 0.15) is 5.01 Å². The molecular formula is C10H13N3S2. The topological polar surface area (TPSA) is 29.0 Å². The lowest BCUT2D eigenvalue weighted by molar-refractivity contribution is 0.823. The third-order valence-corrected chi connectivity index (χ3v) is 3.86. The van der Waals surface area contributed by atoms with Crippen molar-refractivity contribution in [2.75, 3.05) is 11.4 Å². The molecule has 0 aliphatic heterocycles. The van der Waals surface area contributed by atoms with E-state index in [1.165, 1.54) is 4.88 Å². The largest absolute Gasteiger partial charge is 0.342 e. The van der Waals surface area contributed by atoms with Crippen LogP contribution in [0, 0.1) is 6.92 Å². The lowest BCUT2D eigenvalue weighted by atomic mass is 10.4. The van der Waals surface area contributed by atoms with Gasteiger partial charge in [-0.05, 0) is 25.3 Å². The lowest BCUT2D eigenvalue weighted by Crippen LogP contribution is -2.21. The second-order valence-corrected chi connectivity index (χ2v) is 5.39. The zero-order chi connectivity index (χ0) is 10.7. The van der Waals surface area contributed by atoms with Gasteiger partial charge in [0.2, 0.25) is 5.13 Å². The molecule has 0 aliphatic rings. The molecule has 0 amide bonds.